The van der Waals surface area contributed by atoms with Crippen LogP contribution >= 0.6 is 24.0 Å². The first-order chi connectivity index (χ1) is 13.2. The topological polar surface area (TPSA) is 83.9 Å². The smallest absolute Gasteiger partial charge is 0.284 e. The predicted octanol–water partition coefficient (Wildman–Crippen LogP) is 3.42. The quantitative estimate of drug-likeness (QED) is 0.365. The molecule has 0 spiro atoms. The summed E-state index contributed by atoms with van der Waals surface area (Å²) in [6, 6.07) is 14.0. The number of piperidine rings is 1. The number of hydrogen-bond acceptors (Lipinski definition) is 3. The molecule has 1 aliphatic heterocycles. The van der Waals surface area contributed by atoms with Crippen LogP contribution in [0.3, 0.4) is 0 Å². The highest BCUT2D eigenvalue weighted by Crippen LogP contribution is 2.22. The molecule has 0 bridgehead atoms. The maximum absolute atomic E-state index is 11.1. The van der Waals surface area contributed by atoms with Crippen molar-refractivity contribution < 1.29 is 9.21 Å². The fraction of sp³-hybridized carbons (Fsp3) is 0.429. The van der Waals surface area contributed by atoms with Crippen molar-refractivity contribution in [3.63, 3.8) is 0 Å². The van der Waals surface area contributed by atoms with E-state index >= 15 is 0 Å². The Morgan fingerprint density at radius 3 is 2.54 bits per heavy atom. The van der Waals surface area contributed by atoms with Gasteiger partial charge in [-0.2, -0.15) is 0 Å². The normalized spacial score (nSPS) is 15.2. The van der Waals surface area contributed by atoms with E-state index in [1.807, 2.05) is 0 Å². The molecule has 7 heteroatoms. The second kappa shape index (κ2) is 11.1. The Hall–Kier alpha value is -2.03. The van der Waals surface area contributed by atoms with Crippen molar-refractivity contribution in [1.82, 2.24) is 10.2 Å². The third-order valence-corrected chi connectivity index (χ3v) is 4.91. The van der Waals surface area contributed by atoms with Crippen molar-refractivity contribution in [2.45, 2.75) is 32.7 Å². The number of aliphatic imine (C=N–C) groups is 1. The lowest BCUT2D eigenvalue weighted by Crippen LogP contribution is -2.45. The molecule has 1 amide bonds. The molecule has 0 saturated carbocycles. The minimum atomic E-state index is -0.558. The Bertz CT molecular complexity index is 768. The van der Waals surface area contributed by atoms with Gasteiger partial charge >= 0.3 is 0 Å². The fourth-order valence-corrected chi connectivity index (χ4v) is 3.47. The number of carbonyl (C=O) groups excluding carboxylic acids is 1. The van der Waals surface area contributed by atoms with Gasteiger partial charge in [-0.15, -0.1) is 24.0 Å². The average molecular weight is 496 g/mol. The molecule has 152 valence electrons. The summed E-state index contributed by atoms with van der Waals surface area (Å²) >= 11 is 0. The van der Waals surface area contributed by atoms with Gasteiger partial charge < -0.3 is 20.4 Å². The monoisotopic (exact) mass is 496 g/mol. The zero-order chi connectivity index (χ0) is 19.1. The number of nitrogens with two attached hydrogens (primary N) is 1. The summed E-state index contributed by atoms with van der Waals surface area (Å²) in [6.45, 7) is 5.25. The maximum Gasteiger partial charge on any atom is 0.284 e. The summed E-state index contributed by atoms with van der Waals surface area (Å²) in [6.07, 6.45) is 3.46. The number of carbonyl (C=O) groups is 1. The molecule has 0 atom stereocenters. The average Bonchev–Trinajstić information content (AvgIpc) is 3.16. The van der Waals surface area contributed by atoms with E-state index in [1.165, 1.54) is 5.56 Å². The molecule has 1 aromatic heterocycles. The van der Waals surface area contributed by atoms with Crippen LogP contribution in [0.4, 0.5) is 0 Å². The molecule has 0 unspecified atom stereocenters. The molecule has 1 fully saturated rings. The molecule has 0 radical (unpaired) electrons. The van der Waals surface area contributed by atoms with Gasteiger partial charge in [-0.3, -0.25) is 4.79 Å². The number of amides is 1. The number of likely N-dealkylation sites (tertiary alicyclic amines) is 1. The Morgan fingerprint density at radius 1 is 1.21 bits per heavy atom. The Kier molecular flexibility index (Phi) is 8.82. The molecule has 1 aromatic carbocycles. The van der Waals surface area contributed by atoms with Crippen molar-refractivity contribution >= 4 is 35.8 Å². The van der Waals surface area contributed by atoms with Gasteiger partial charge in [0.2, 0.25) is 0 Å². The van der Waals surface area contributed by atoms with Crippen molar-refractivity contribution in [2.75, 3.05) is 19.6 Å². The Balaban J connectivity index is 0.00000280. The van der Waals surface area contributed by atoms with Crippen LogP contribution in [0.2, 0.25) is 0 Å². The minimum absolute atomic E-state index is 0. The third kappa shape index (κ3) is 6.25. The fourth-order valence-electron chi connectivity index (χ4n) is 3.47. The van der Waals surface area contributed by atoms with Crippen molar-refractivity contribution in [1.29, 1.82) is 0 Å². The number of furan rings is 1. The lowest BCUT2D eigenvalue weighted by molar-refractivity contribution is 0.0972. The van der Waals surface area contributed by atoms with Crippen LogP contribution in [0.5, 0.6) is 0 Å². The molecule has 1 saturated heterocycles. The zero-order valence-corrected chi connectivity index (χ0v) is 18.6. The molecule has 28 heavy (non-hydrogen) atoms. The summed E-state index contributed by atoms with van der Waals surface area (Å²) in [4.78, 5) is 18.1. The number of benzene rings is 1. The highest BCUT2D eigenvalue weighted by molar-refractivity contribution is 14.0. The van der Waals surface area contributed by atoms with E-state index in [0.29, 0.717) is 12.3 Å². The van der Waals surface area contributed by atoms with Crippen molar-refractivity contribution in [3.05, 3.63) is 59.5 Å². The third-order valence-electron chi connectivity index (χ3n) is 4.91. The molecular formula is C21H29IN4O2. The minimum Gasteiger partial charge on any atom is -0.454 e. The lowest BCUT2D eigenvalue weighted by atomic mass is 9.90. The van der Waals surface area contributed by atoms with E-state index in [9.17, 15) is 4.79 Å². The second-order valence-electron chi connectivity index (χ2n) is 6.92. The summed E-state index contributed by atoms with van der Waals surface area (Å²) in [7, 11) is 0. The van der Waals surface area contributed by atoms with E-state index in [0.717, 1.165) is 50.8 Å². The van der Waals surface area contributed by atoms with Crippen LogP contribution in [-0.4, -0.2) is 36.4 Å². The van der Waals surface area contributed by atoms with Crippen molar-refractivity contribution in [2.24, 2.45) is 16.6 Å². The summed E-state index contributed by atoms with van der Waals surface area (Å²) in [5.74, 6) is 1.87. The van der Waals surface area contributed by atoms with Crippen molar-refractivity contribution in [3.8, 4) is 0 Å². The van der Waals surface area contributed by atoms with Gasteiger partial charge in [0.05, 0.1) is 0 Å². The van der Waals surface area contributed by atoms with E-state index in [4.69, 9.17) is 10.2 Å². The molecular weight excluding hydrogens is 467 g/mol. The maximum atomic E-state index is 11.1. The lowest BCUT2D eigenvalue weighted by Gasteiger charge is -2.34. The number of rotatable bonds is 6. The molecule has 2 aromatic rings. The van der Waals surface area contributed by atoms with Crippen LogP contribution in [0.25, 0.3) is 0 Å². The SMILES string of the molecule is CCNC(=NCc1ccc(C(N)=O)o1)N1CCC(Cc2ccccc2)CC1.I. The molecule has 1 aliphatic rings. The number of nitrogens with one attached hydrogen (secondary N) is 1. The van der Waals surface area contributed by atoms with Gasteiger partial charge in [0.25, 0.3) is 5.91 Å². The van der Waals surface area contributed by atoms with Gasteiger partial charge in [0.15, 0.2) is 11.7 Å². The number of guanidine groups is 1. The van der Waals surface area contributed by atoms with Gasteiger partial charge in [-0.25, -0.2) is 4.99 Å². The second-order valence-corrected chi connectivity index (χ2v) is 6.92. The predicted molar refractivity (Wildman–Crippen MR) is 122 cm³/mol. The molecule has 0 aliphatic carbocycles. The Morgan fingerprint density at radius 2 is 1.93 bits per heavy atom. The molecule has 3 rings (SSSR count). The van der Waals surface area contributed by atoms with Crippen LogP contribution < -0.4 is 11.1 Å². The first-order valence-corrected chi connectivity index (χ1v) is 9.61. The first-order valence-electron chi connectivity index (χ1n) is 9.61. The van der Waals surface area contributed by atoms with E-state index < -0.39 is 5.91 Å². The van der Waals surface area contributed by atoms with Gasteiger partial charge in [-0.05, 0) is 49.8 Å². The number of primary amides is 1. The summed E-state index contributed by atoms with van der Waals surface area (Å²) in [5, 5.41) is 3.36. The van der Waals surface area contributed by atoms with Gasteiger partial charge in [0, 0.05) is 19.6 Å². The summed E-state index contributed by atoms with van der Waals surface area (Å²) < 4.78 is 5.42. The van der Waals surface area contributed by atoms with Gasteiger partial charge in [-0.1, -0.05) is 30.3 Å². The number of nitrogens with zero attached hydrogens (tertiary/aromatic N) is 2. The van der Waals surface area contributed by atoms with E-state index in [2.05, 4.69) is 52.5 Å². The number of halogens is 1. The van der Waals surface area contributed by atoms with Crippen LogP contribution in [-0.2, 0) is 13.0 Å². The molecule has 3 N–H and O–H groups in total. The van der Waals surface area contributed by atoms with Crippen LogP contribution in [0.15, 0.2) is 51.9 Å². The molecule has 2 heterocycles. The van der Waals surface area contributed by atoms with E-state index in [1.54, 1.807) is 12.1 Å². The number of hydrogen-bond donors (Lipinski definition) is 2. The van der Waals surface area contributed by atoms with Crippen LogP contribution in [0.1, 0.15) is 41.6 Å². The highest BCUT2D eigenvalue weighted by atomic mass is 127. The summed E-state index contributed by atoms with van der Waals surface area (Å²) in [5.41, 5.74) is 6.64. The Labute approximate surface area is 183 Å². The van der Waals surface area contributed by atoms with Gasteiger partial charge in [0.1, 0.15) is 12.3 Å². The first kappa shape index (κ1) is 22.3. The zero-order valence-electron chi connectivity index (χ0n) is 16.3. The standard InChI is InChI=1S/C21H28N4O2.HI/c1-2-23-21(24-15-18-8-9-19(27-18)20(22)26)25-12-10-17(11-13-25)14-16-6-4-3-5-7-16;/h3-9,17H,2,10-15H2,1H3,(H2,22,26)(H,23,24);1H. The highest BCUT2D eigenvalue weighted by Gasteiger charge is 2.21. The van der Waals surface area contributed by atoms with E-state index in [-0.39, 0.29) is 29.7 Å². The molecule has 6 nitrogen and oxygen atoms in total. The van der Waals surface area contributed by atoms with Crippen LogP contribution in [0, 0.1) is 5.92 Å². The largest absolute Gasteiger partial charge is 0.454 e.